The predicted molar refractivity (Wildman–Crippen MR) is 82.3 cm³/mol. The van der Waals surface area contributed by atoms with Crippen molar-refractivity contribution in [3.63, 3.8) is 0 Å². The molecule has 0 fully saturated rings. The lowest BCUT2D eigenvalue weighted by molar-refractivity contribution is 1.36. The van der Waals surface area contributed by atoms with E-state index in [9.17, 15) is 0 Å². The standard InChI is InChI=1S/C12H15N.2C2H6/c1-5-8-10-12(13-4)11(7-3)9-6-2;2*1-2/h5,7-8,10H,4H2,1-3H3;2*1-2H3/b8-5-,11-7-,12-10+;;. The van der Waals surface area contributed by atoms with Crippen LogP contribution in [0.4, 0.5) is 0 Å². The molecule has 0 aliphatic rings. The summed E-state index contributed by atoms with van der Waals surface area (Å²) < 4.78 is 0. The van der Waals surface area contributed by atoms with Gasteiger partial charge in [-0.15, -0.1) is 5.92 Å². The van der Waals surface area contributed by atoms with Crippen molar-refractivity contribution < 1.29 is 0 Å². The van der Waals surface area contributed by atoms with Crippen LogP contribution in [0.1, 0.15) is 48.5 Å². The fourth-order valence-corrected chi connectivity index (χ4v) is 0.834. The summed E-state index contributed by atoms with van der Waals surface area (Å²) in [5, 5.41) is 0. The molecule has 17 heavy (non-hydrogen) atoms. The molecule has 0 rings (SSSR count). The molecular formula is C16H27N. The van der Waals surface area contributed by atoms with E-state index in [1.165, 1.54) is 0 Å². The predicted octanol–water partition coefficient (Wildman–Crippen LogP) is 5.17. The van der Waals surface area contributed by atoms with Crippen LogP contribution in [0.3, 0.4) is 0 Å². The Bertz CT molecular complexity index is 306. The molecule has 1 heteroatoms. The maximum Gasteiger partial charge on any atom is 0.0775 e. The van der Waals surface area contributed by atoms with Crippen molar-refractivity contribution in [1.29, 1.82) is 0 Å². The minimum atomic E-state index is 0.815. The van der Waals surface area contributed by atoms with Gasteiger partial charge < -0.3 is 0 Å². The van der Waals surface area contributed by atoms with E-state index in [2.05, 4.69) is 23.6 Å². The number of rotatable bonds is 3. The van der Waals surface area contributed by atoms with Gasteiger partial charge in [-0.2, -0.15) is 0 Å². The summed E-state index contributed by atoms with van der Waals surface area (Å²) >= 11 is 0. The van der Waals surface area contributed by atoms with Crippen LogP contribution in [0.2, 0.25) is 0 Å². The van der Waals surface area contributed by atoms with E-state index in [1.54, 1.807) is 6.92 Å². The second-order valence-electron chi connectivity index (χ2n) is 2.31. The van der Waals surface area contributed by atoms with Crippen molar-refractivity contribution in [2.24, 2.45) is 4.99 Å². The molecule has 0 aromatic carbocycles. The van der Waals surface area contributed by atoms with Crippen LogP contribution in [-0.4, -0.2) is 6.72 Å². The minimum Gasteiger partial charge on any atom is -0.263 e. The molecule has 0 saturated heterocycles. The number of aliphatic imine (C=N–C) groups is 1. The van der Waals surface area contributed by atoms with E-state index in [-0.39, 0.29) is 0 Å². The molecule has 0 N–H and O–H groups in total. The van der Waals surface area contributed by atoms with Crippen LogP contribution in [0.5, 0.6) is 0 Å². The quantitative estimate of drug-likeness (QED) is 0.362. The maximum absolute atomic E-state index is 3.90. The highest BCUT2D eigenvalue weighted by Crippen LogP contribution is 2.09. The average molecular weight is 233 g/mol. The smallest absolute Gasteiger partial charge is 0.0775 e. The fraction of sp³-hybridized carbons (Fsp3) is 0.438. The Labute approximate surface area is 108 Å². The van der Waals surface area contributed by atoms with Crippen molar-refractivity contribution >= 4 is 6.72 Å². The second-order valence-corrected chi connectivity index (χ2v) is 2.31. The largest absolute Gasteiger partial charge is 0.263 e. The lowest BCUT2D eigenvalue weighted by Gasteiger charge is -1.96. The third kappa shape index (κ3) is 12.4. The lowest BCUT2D eigenvalue weighted by Crippen LogP contribution is -1.82. The van der Waals surface area contributed by atoms with Crippen molar-refractivity contribution in [2.75, 3.05) is 0 Å². The fourth-order valence-electron chi connectivity index (χ4n) is 0.834. The van der Waals surface area contributed by atoms with Gasteiger partial charge in [0.05, 0.1) is 5.70 Å². The first-order valence-electron chi connectivity index (χ1n) is 6.19. The van der Waals surface area contributed by atoms with Crippen molar-refractivity contribution in [3.05, 3.63) is 35.6 Å². The molecule has 0 unspecified atom stereocenters. The molecule has 0 amide bonds. The van der Waals surface area contributed by atoms with Gasteiger partial charge in [-0.25, -0.2) is 0 Å². The summed E-state index contributed by atoms with van der Waals surface area (Å²) in [6.45, 7) is 17.2. The Morgan fingerprint density at radius 2 is 1.65 bits per heavy atom. The third-order valence-corrected chi connectivity index (χ3v) is 1.44. The summed E-state index contributed by atoms with van der Waals surface area (Å²) in [5.41, 5.74) is 1.73. The Morgan fingerprint density at radius 3 is 1.94 bits per heavy atom. The van der Waals surface area contributed by atoms with E-state index >= 15 is 0 Å². The lowest BCUT2D eigenvalue weighted by atomic mass is 10.2. The zero-order valence-electron chi connectivity index (χ0n) is 12.5. The molecule has 0 aliphatic carbocycles. The molecule has 0 atom stereocenters. The van der Waals surface area contributed by atoms with Crippen LogP contribution in [0, 0.1) is 11.8 Å². The summed E-state index contributed by atoms with van der Waals surface area (Å²) in [6.07, 6.45) is 7.69. The molecule has 0 bridgehead atoms. The van der Waals surface area contributed by atoms with Gasteiger partial charge >= 0.3 is 0 Å². The van der Waals surface area contributed by atoms with E-state index in [4.69, 9.17) is 0 Å². The van der Waals surface area contributed by atoms with Crippen LogP contribution >= 0.6 is 0 Å². The van der Waals surface area contributed by atoms with Crippen molar-refractivity contribution in [3.8, 4) is 11.8 Å². The van der Waals surface area contributed by atoms with Gasteiger partial charge in [0, 0.05) is 5.57 Å². The highest BCUT2D eigenvalue weighted by Gasteiger charge is 1.95. The first-order valence-corrected chi connectivity index (χ1v) is 6.19. The van der Waals surface area contributed by atoms with E-state index < -0.39 is 0 Å². The summed E-state index contributed by atoms with van der Waals surface area (Å²) in [6, 6.07) is 0. The summed E-state index contributed by atoms with van der Waals surface area (Å²) in [5.74, 6) is 5.81. The van der Waals surface area contributed by atoms with E-state index in [0.29, 0.717) is 0 Å². The maximum atomic E-state index is 3.90. The number of nitrogens with zero attached hydrogens (tertiary/aromatic N) is 1. The van der Waals surface area contributed by atoms with Gasteiger partial charge in [-0.3, -0.25) is 4.99 Å². The van der Waals surface area contributed by atoms with E-state index in [0.717, 1.165) is 11.3 Å². The van der Waals surface area contributed by atoms with Gasteiger partial charge in [0.2, 0.25) is 0 Å². The molecule has 1 nitrogen and oxygen atoms in total. The second kappa shape index (κ2) is 19.9. The van der Waals surface area contributed by atoms with Crippen LogP contribution < -0.4 is 0 Å². The number of hydrogen-bond donors (Lipinski definition) is 0. The summed E-state index contributed by atoms with van der Waals surface area (Å²) in [7, 11) is 0. The molecule has 0 saturated carbocycles. The SMILES string of the molecule is C=NC(=C/C=C\C)/C(C#CC)=C\C.CC.CC. The van der Waals surface area contributed by atoms with Crippen molar-refractivity contribution in [2.45, 2.75) is 48.5 Å². The Kier molecular flexibility index (Phi) is 24.4. The molecule has 0 radical (unpaired) electrons. The Balaban J connectivity index is -0.000000439. The topological polar surface area (TPSA) is 12.4 Å². The summed E-state index contributed by atoms with van der Waals surface area (Å²) in [4.78, 5) is 3.90. The molecule has 0 aliphatic heterocycles. The van der Waals surface area contributed by atoms with Gasteiger partial charge in [-0.05, 0) is 33.6 Å². The minimum absolute atomic E-state index is 0.815. The monoisotopic (exact) mass is 233 g/mol. The normalized spacial score (nSPS) is 10.3. The van der Waals surface area contributed by atoms with E-state index in [1.807, 2.05) is 65.8 Å². The highest BCUT2D eigenvalue weighted by molar-refractivity contribution is 5.49. The Morgan fingerprint density at radius 1 is 1.12 bits per heavy atom. The molecule has 96 valence electrons. The van der Waals surface area contributed by atoms with Gasteiger partial charge in [0.1, 0.15) is 0 Å². The first-order chi connectivity index (χ1) is 8.29. The molecular weight excluding hydrogens is 206 g/mol. The Hall–Kier alpha value is -1.55. The van der Waals surface area contributed by atoms with Crippen LogP contribution in [0.25, 0.3) is 0 Å². The zero-order valence-corrected chi connectivity index (χ0v) is 12.5. The van der Waals surface area contributed by atoms with Crippen LogP contribution in [0.15, 0.2) is 40.6 Å². The van der Waals surface area contributed by atoms with Crippen LogP contribution in [-0.2, 0) is 0 Å². The highest BCUT2D eigenvalue weighted by atomic mass is 14.7. The number of hydrogen-bond acceptors (Lipinski definition) is 1. The van der Waals surface area contributed by atoms with Gasteiger partial charge in [-0.1, -0.05) is 51.8 Å². The molecule has 0 aromatic rings. The molecule has 0 heterocycles. The molecule has 0 spiro atoms. The van der Waals surface area contributed by atoms with Gasteiger partial charge in [0.25, 0.3) is 0 Å². The molecule has 0 aromatic heterocycles. The number of allylic oxidation sites excluding steroid dienone is 5. The first kappa shape index (κ1) is 20.8. The van der Waals surface area contributed by atoms with Gasteiger partial charge in [0.15, 0.2) is 0 Å². The average Bonchev–Trinajstić information content (AvgIpc) is 2.42. The van der Waals surface area contributed by atoms with Crippen molar-refractivity contribution in [1.82, 2.24) is 0 Å². The third-order valence-electron chi connectivity index (χ3n) is 1.44. The zero-order chi connectivity index (χ0) is 14.1.